The predicted octanol–water partition coefficient (Wildman–Crippen LogP) is 1.81. The van der Waals surface area contributed by atoms with Gasteiger partial charge in [0.15, 0.2) is 0 Å². The van der Waals surface area contributed by atoms with E-state index in [2.05, 4.69) is 6.92 Å². The lowest BCUT2D eigenvalue weighted by Crippen LogP contribution is -2.31. The van der Waals surface area contributed by atoms with Crippen molar-refractivity contribution in [3.8, 4) is 5.75 Å². The van der Waals surface area contributed by atoms with E-state index in [1.165, 1.54) is 4.90 Å². The Labute approximate surface area is 124 Å². The van der Waals surface area contributed by atoms with Gasteiger partial charge in [0.05, 0.1) is 25.5 Å². The fourth-order valence-electron chi connectivity index (χ4n) is 3.59. The van der Waals surface area contributed by atoms with Gasteiger partial charge in [-0.3, -0.25) is 14.5 Å². The summed E-state index contributed by atoms with van der Waals surface area (Å²) in [6, 6.07) is 5.26. The topological polar surface area (TPSA) is 72.6 Å². The van der Waals surface area contributed by atoms with Gasteiger partial charge in [0.2, 0.25) is 11.8 Å². The fourth-order valence-corrected chi connectivity index (χ4v) is 3.59. The molecule has 1 aromatic carbocycles. The second kappa shape index (κ2) is 5.06. The highest BCUT2D eigenvalue weighted by atomic mass is 16.5. The van der Waals surface area contributed by atoms with Crippen LogP contribution < -0.4 is 10.5 Å². The minimum atomic E-state index is -0.125. The van der Waals surface area contributed by atoms with Crippen LogP contribution in [0.4, 0.5) is 5.69 Å². The number of hydrogen-bond acceptors (Lipinski definition) is 4. The molecule has 1 aromatic rings. The van der Waals surface area contributed by atoms with Gasteiger partial charge in [0.1, 0.15) is 5.75 Å². The van der Waals surface area contributed by atoms with Gasteiger partial charge in [-0.2, -0.15) is 0 Å². The minimum Gasteiger partial charge on any atom is -0.496 e. The summed E-state index contributed by atoms with van der Waals surface area (Å²) in [5.41, 5.74) is 7.16. The Hall–Kier alpha value is -2.04. The van der Waals surface area contributed by atoms with Crippen molar-refractivity contribution < 1.29 is 14.3 Å². The van der Waals surface area contributed by atoms with Crippen molar-refractivity contribution in [2.45, 2.75) is 26.3 Å². The molecule has 2 fully saturated rings. The number of fused-ring (bicyclic) bond motifs is 1. The summed E-state index contributed by atoms with van der Waals surface area (Å²) in [4.78, 5) is 26.3. The number of nitrogens with zero attached hydrogens (tertiary/aromatic N) is 1. The number of benzene rings is 1. The number of amides is 2. The number of ether oxygens (including phenoxy) is 1. The average Bonchev–Trinajstić information content (AvgIpc) is 2.93. The molecular formula is C16H20N2O3. The smallest absolute Gasteiger partial charge is 0.233 e. The van der Waals surface area contributed by atoms with Crippen LogP contribution in [-0.2, 0) is 16.1 Å². The lowest BCUT2D eigenvalue weighted by molar-refractivity contribution is -0.141. The summed E-state index contributed by atoms with van der Waals surface area (Å²) in [6.45, 7) is 2.34. The quantitative estimate of drug-likeness (QED) is 0.680. The van der Waals surface area contributed by atoms with Crippen molar-refractivity contribution in [2.24, 2.45) is 17.8 Å². The largest absolute Gasteiger partial charge is 0.496 e. The van der Waals surface area contributed by atoms with Gasteiger partial charge in [0, 0.05) is 11.3 Å². The molecule has 2 N–H and O–H groups in total. The van der Waals surface area contributed by atoms with E-state index >= 15 is 0 Å². The van der Waals surface area contributed by atoms with Gasteiger partial charge in [-0.1, -0.05) is 6.92 Å². The second-order valence-corrected chi connectivity index (χ2v) is 6.12. The lowest BCUT2D eigenvalue weighted by atomic mass is 10.00. The molecule has 2 unspecified atom stereocenters. The van der Waals surface area contributed by atoms with Crippen LogP contribution in [0.5, 0.6) is 5.75 Å². The monoisotopic (exact) mass is 288 g/mol. The SMILES string of the molecule is COc1ccc(N)cc1CN1C(=O)C2CC(C)CC2C1=O. The van der Waals surface area contributed by atoms with Crippen LogP contribution in [0, 0.1) is 17.8 Å². The Bertz CT molecular complexity index is 575. The normalized spacial score (nSPS) is 28.1. The molecule has 3 rings (SSSR count). The first-order valence-electron chi connectivity index (χ1n) is 7.29. The summed E-state index contributed by atoms with van der Waals surface area (Å²) in [5, 5.41) is 0. The highest BCUT2D eigenvalue weighted by Gasteiger charge is 2.51. The minimum absolute atomic E-state index is 0.0428. The molecule has 1 heterocycles. The van der Waals surface area contributed by atoms with Crippen LogP contribution in [0.15, 0.2) is 18.2 Å². The Balaban J connectivity index is 1.85. The third-order valence-electron chi connectivity index (χ3n) is 4.60. The molecule has 0 aromatic heterocycles. The molecule has 5 nitrogen and oxygen atoms in total. The van der Waals surface area contributed by atoms with E-state index in [-0.39, 0.29) is 30.2 Å². The van der Waals surface area contributed by atoms with E-state index in [0.717, 1.165) is 18.4 Å². The molecular weight excluding hydrogens is 268 g/mol. The van der Waals surface area contributed by atoms with E-state index in [0.29, 0.717) is 17.4 Å². The first-order valence-corrected chi connectivity index (χ1v) is 7.29. The maximum atomic E-state index is 12.5. The first-order chi connectivity index (χ1) is 10.0. The number of imide groups is 1. The van der Waals surface area contributed by atoms with Crippen molar-refractivity contribution >= 4 is 17.5 Å². The molecule has 2 atom stereocenters. The first kappa shape index (κ1) is 13.9. The van der Waals surface area contributed by atoms with Crippen molar-refractivity contribution in [1.29, 1.82) is 0 Å². The fraction of sp³-hybridized carbons (Fsp3) is 0.500. The molecule has 2 aliphatic rings. The highest BCUT2D eigenvalue weighted by molar-refractivity contribution is 6.05. The zero-order valence-corrected chi connectivity index (χ0v) is 12.3. The van der Waals surface area contributed by atoms with Crippen LogP contribution in [0.25, 0.3) is 0 Å². The molecule has 21 heavy (non-hydrogen) atoms. The third kappa shape index (κ3) is 2.26. The Morgan fingerprint density at radius 3 is 2.43 bits per heavy atom. The molecule has 0 bridgehead atoms. The van der Waals surface area contributed by atoms with Crippen LogP contribution in [-0.4, -0.2) is 23.8 Å². The maximum Gasteiger partial charge on any atom is 0.233 e. The van der Waals surface area contributed by atoms with E-state index in [4.69, 9.17) is 10.5 Å². The number of anilines is 1. The number of carbonyl (C=O) groups is 2. The van der Waals surface area contributed by atoms with Crippen LogP contribution >= 0.6 is 0 Å². The van der Waals surface area contributed by atoms with E-state index in [1.807, 2.05) is 0 Å². The molecule has 1 aliphatic heterocycles. The number of rotatable bonds is 3. The Kier molecular flexibility index (Phi) is 3.35. The molecule has 1 saturated carbocycles. The number of nitrogen functional groups attached to an aromatic ring is 1. The van der Waals surface area contributed by atoms with Gasteiger partial charge in [-0.15, -0.1) is 0 Å². The van der Waals surface area contributed by atoms with E-state index in [1.54, 1.807) is 25.3 Å². The maximum absolute atomic E-state index is 12.5. The Morgan fingerprint density at radius 1 is 1.24 bits per heavy atom. The van der Waals surface area contributed by atoms with Crippen molar-refractivity contribution in [3.05, 3.63) is 23.8 Å². The number of nitrogens with two attached hydrogens (primary N) is 1. The molecule has 1 saturated heterocycles. The summed E-state index contributed by atoms with van der Waals surface area (Å²) in [7, 11) is 1.57. The lowest BCUT2D eigenvalue weighted by Gasteiger charge is -2.18. The van der Waals surface area contributed by atoms with Gasteiger partial charge in [-0.25, -0.2) is 0 Å². The van der Waals surface area contributed by atoms with Crippen molar-refractivity contribution in [2.75, 3.05) is 12.8 Å². The van der Waals surface area contributed by atoms with Gasteiger partial charge in [0.25, 0.3) is 0 Å². The number of methoxy groups -OCH3 is 1. The zero-order chi connectivity index (χ0) is 15.1. The highest BCUT2D eigenvalue weighted by Crippen LogP contribution is 2.43. The molecule has 0 spiro atoms. The van der Waals surface area contributed by atoms with Gasteiger partial charge in [-0.05, 0) is 37.0 Å². The number of hydrogen-bond donors (Lipinski definition) is 1. The average molecular weight is 288 g/mol. The number of likely N-dealkylation sites (tertiary alicyclic amines) is 1. The third-order valence-corrected chi connectivity index (χ3v) is 4.60. The van der Waals surface area contributed by atoms with E-state index in [9.17, 15) is 9.59 Å². The number of carbonyl (C=O) groups excluding carboxylic acids is 2. The molecule has 1 aliphatic carbocycles. The predicted molar refractivity (Wildman–Crippen MR) is 78.3 cm³/mol. The Morgan fingerprint density at radius 2 is 1.86 bits per heavy atom. The van der Waals surface area contributed by atoms with Crippen LogP contribution in [0.2, 0.25) is 0 Å². The molecule has 112 valence electrons. The van der Waals surface area contributed by atoms with Crippen LogP contribution in [0.3, 0.4) is 0 Å². The van der Waals surface area contributed by atoms with Crippen molar-refractivity contribution in [1.82, 2.24) is 4.90 Å². The summed E-state index contributed by atoms with van der Waals surface area (Å²) >= 11 is 0. The summed E-state index contributed by atoms with van der Waals surface area (Å²) in [6.07, 6.45) is 1.64. The van der Waals surface area contributed by atoms with Crippen LogP contribution in [0.1, 0.15) is 25.3 Å². The van der Waals surface area contributed by atoms with Gasteiger partial charge < -0.3 is 10.5 Å². The summed E-state index contributed by atoms with van der Waals surface area (Å²) < 4.78 is 5.29. The molecule has 2 amide bonds. The van der Waals surface area contributed by atoms with Crippen molar-refractivity contribution in [3.63, 3.8) is 0 Å². The zero-order valence-electron chi connectivity index (χ0n) is 12.3. The van der Waals surface area contributed by atoms with E-state index < -0.39 is 0 Å². The molecule has 0 radical (unpaired) electrons. The second-order valence-electron chi connectivity index (χ2n) is 6.12. The standard InChI is InChI=1S/C16H20N2O3/c1-9-5-12-13(6-9)16(20)18(15(12)19)8-10-7-11(17)3-4-14(10)21-2/h3-4,7,9,12-13H,5-6,8,17H2,1-2H3. The summed E-state index contributed by atoms with van der Waals surface area (Å²) in [5.74, 6) is 0.768. The van der Waals surface area contributed by atoms with Gasteiger partial charge >= 0.3 is 0 Å². The molecule has 5 heteroatoms.